The van der Waals surface area contributed by atoms with Crippen LogP contribution in [-0.2, 0) is 0 Å². The maximum Gasteiger partial charge on any atom is 0.151 e. The Morgan fingerprint density at radius 1 is 1.50 bits per heavy atom. The van der Waals surface area contributed by atoms with Crippen molar-refractivity contribution >= 4 is 34.8 Å². The van der Waals surface area contributed by atoms with E-state index >= 15 is 0 Å². The molecule has 0 aromatic heterocycles. The Labute approximate surface area is 73.0 Å². The lowest BCUT2D eigenvalue weighted by molar-refractivity contribution is 0.112. The van der Waals surface area contributed by atoms with Crippen molar-refractivity contribution in [1.29, 1.82) is 0 Å². The summed E-state index contributed by atoms with van der Waals surface area (Å²) in [6.07, 6.45) is 0.786. The molecule has 0 spiro atoms. The van der Waals surface area contributed by atoms with Crippen LogP contribution >= 0.6 is 28.6 Å². The first-order chi connectivity index (χ1) is 4.74. The zero-order chi connectivity index (χ0) is 7.56. The van der Waals surface area contributed by atoms with Crippen LogP contribution in [0.3, 0.4) is 0 Å². The molecule has 1 rings (SSSR count). The van der Waals surface area contributed by atoms with Crippen molar-refractivity contribution < 1.29 is 4.79 Å². The summed E-state index contributed by atoms with van der Waals surface area (Å²) in [5.41, 5.74) is 0.617. The number of thiol groups is 1. The Kier molecular flexibility index (Phi) is 2.51. The Hall–Kier alpha value is -0.280. The molecule has 0 radical (unpaired) electrons. The van der Waals surface area contributed by atoms with Gasteiger partial charge in [0.15, 0.2) is 6.29 Å². The number of carbonyl (C=O) groups excluding carboxylic acids is 1. The highest BCUT2D eigenvalue weighted by Gasteiger charge is 1.95. The molecule has 10 heavy (non-hydrogen) atoms. The molecule has 0 saturated carbocycles. The van der Waals surface area contributed by atoms with Crippen LogP contribution in [0.25, 0.3) is 0 Å². The number of halogens is 1. The van der Waals surface area contributed by atoms with Crippen LogP contribution in [0, 0.1) is 0 Å². The minimum Gasteiger partial charge on any atom is -0.298 e. The van der Waals surface area contributed by atoms with Gasteiger partial charge in [0.25, 0.3) is 0 Å². The Balaban J connectivity index is 3.19. The highest BCUT2D eigenvalue weighted by molar-refractivity contribution is 9.10. The predicted octanol–water partition coefficient (Wildman–Crippen LogP) is 2.55. The van der Waals surface area contributed by atoms with Gasteiger partial charge in [-0.1, -0.05) is 15.9 Å². The van der Waals surface area contributed by atoms with Crippen LogP contribution in [0.5, 0.6) is 0 Å². The molecule has 1 nitrogen and oxygen atoms in total. The lowest BCUT2D eigenvalue weighted by Crippen LogP contribution is -1.80. The molecule has 1 aromatic carbocycles. The van der Waals surface area contributed by atoms with Crippen molar-refractivity contribution in [2.75, 3.05) is 0 Å². The van der Waals surface area contributed by atoms with Gasteiger partial charge < -0.3 is 0 Å². The van der Waals surface area contributed by atoms with Gasteiger partial charge in [0.2, 0.25) is 0 Å². The van der Waals surface area contributed by atoms with E-state index in [0.29, 0.717) is 10.5 Å². The van der Waals surface area contributed by atoms with Crippen molar-refractivity contribution in [2.45, 2.75) is 4.90 Å². The van der Waals surface area contributed by atoms with Gasteiger partial charge in [-0.2, -0.15) is 0 Å². The molecule has 52 valence electrons. The second kappa shape index (κ2) is 3.21. The Morgan fingerprint density at radius 3 is 2.70 bits per heavy atom. The van der Waals surface area contributed by atoms with Crippen molar-refractivity contribution in [3.8, 4) is 0 Å². The van der Waals surface area contributed by atoms with Gasteiger partial charge in [-0.15, -0.1) is 12.6 Å². The first kappa shape index (κ1) is 7.82. The van der Waals surface area contributed by atoms with Gasteiger partial charge in [-0.3, -0.25) is 4.79 Å². The van der Waals surface area contributed by atoms with Gasteiger partial charge >= 0.3 is 0 Å². The van der Waals surface area contributed by atoms with E-state index in [1.165, 1.54) is 0 Å². The second-order valence-electron chi connectivity index (χ2n) is 1.82. The number of rotatable bonds is 1. The van der Waals surface area contributed by atoms with Gasteiger partial charge in [0, 0.05) is 14.9 Å². The number of benzene rings is 1. The molecular weight excluding hydrogens is 212 g/mol. The number of aldehydes is 1. The molecule has 3 heteroatoms. The Morgan fingerprint density at radius 2 is 2.20 bits per heavy atom. The van der Waals surface area contributed by atoms with E-state index in [-0.39, 0.29) is 0 Å². The van der Waals surface area contributed by atoms with E-state index in [2.05, 4.69) is 28.6 Å². The topological polar surface area (TPSA) is 17.1 Å². The standard InChI is InChI=1S/C7H5BrOS/c8-6-2-1-5(4-9)7(10)3-6/h1-4,10H. The molecule has 0 heterocycles. The largest absolute Gasteiger partial charge is 0.298 e. The fourth-order valence-corrected chi connectivity index (χ4v) is 1.42. The molecule has 0 atom stereocenters. The first-order valence-corrected chi connectivity index (χ1v) is 3.92. The molecule has 0 aliphatic carbocycles. The molecule has 0 saturated heterocycles. The van der Waals surface area contributed by atoms with E-state index in [1.807, 2.05) is 6.07 Å². The maximum atomic E-state index is 10.3. The molecule has 0 aliphatic heterocycles. The third-order valence-electron chi connectivity index (χ3n) is 1.12. The molecule has 0 bridgehead atoms. The van der Waals surface area contributed by atoms with Crippen molar-refractivity contribution in [1.82, 2.24) is 0 Å². The molecule has 0 unspecified atom stereocenters. The average Bonchev–Trinajstić information content (AvgIpc) is 1.88. The third-order valence-corrected chi connectivity index (χ3v) is 2.00. The Bertz CT molecular complexity index is 260. The van der Waals surface area contributed by atoms with Gasteiger partial charge in [-0.25, -0.2) is 0 Å². The first-order valence-electron chi connectivity index (χ1n) is 2.68. The smallest absolute Gasteiger partial charge is 0.151 e. The molecule has 0 amide bonds. The summed E-state index contributed by atoms with van der Waals surface area (Å²) >= 11 is 7.35. The van der Waals surface area contributed by atoms with Crippen LogP contribution in [0.4, 0.5) is 0 Å². The van der Waals surface area contributed by atoms with E-state index in [9.17, 15) is 4.79 Å². The average molecular weight is 217 g/mol. The van der Waals surface area contributed by atoms with Crippen LogP contribution in [0.1, 0.15) is 10.4 Å². The highest BCUT2D eigenvalue weighted by atomic mass is 79.9. The number of hydrogen-bond donors (Lipinski definition) is 1. The van der Waals surface area contributed by atoms with Gasteiger partial charge in [0.05, 0.1) is 0 Å². The van der Waals surface area contributed by atoms with Crippen molar-refractivity contribution in [2.24, 2.45) is 0 Å². The van der Waals surface area contributed by atoms with Crippen LogP contribution in [0.15, 0.2) is 27.6 Å². The normalized spacial score (nSPS) is 9.40. The van der Waals surface area contributed by atoms with Crippen LogP contribution in [-0.4, -0.2) is 6.29 Å². The summed E-state index contributed by atoms with van der Waals surface area (Å²) in [5.74, 6) is 0. The molecule has 1 aromatic rings. The monoisotopic (exact) mass is 216 g/mol. The summed E-state index contributed by atoms with van der Waals surface area (Å²) in [6, 6.07) is 5.32. The zero-order valence-electron chi connectivity index (χ0n) is 5.04. The van der Waals surface area contributed by atoms with Crippen LogP contribution in [0.2, 0.25) is 0 Å². The molecule has 0 N–H and O–H groups in total. The minimum atomic E-state index is 0.617. The number of carbonyl (C=O) groups is 1. The van der Waals surface area contributed by atoms with E-state index in [0.717, 1.165) is 10.8 Å². The van der Waals surface area contributed by atoms with E-state index in [4.69, 9.17) is 0 Å². The fourth-order valence-electron chi connectivity index (χ4n) is 0.616. The lowest BCUT2D eigenvalue weighted by atomic mass is 10.2. The second-order valence-corrected chi connectivity index (χ2v) is 3.22. The van der Waals surface area contributed by atoms with Gasteiger partial charge in [-0.05, 0) is 18.2 Å². The quantitative estimate of drug-likeness (QED) is 0.565. The van der Waals surface area contributed by atoms with Gasteiger partial charge in [0.1, 0.15) is 0 Å². The summed E-state index contributed by atoms with van der Waals surface area (Å²) in [5, 5.41) is 0. The lowest BCUT2D eigenvalue weighted by Gasteiger charge is -1.95. The highest BCUT2D eigenvalue weighted by Crippen LogP contribution is 2.17. The summed E-state index contributed by atoms with van der Waals surface area (Å²) in [6.45, 7) is 0. The minimum absolute atomic E-state index is 0.617. The fraction of sp³-hybridized carbons (Fsp3) is 0. The maximum absolute atomic E-state index is 10.3. The molecular formula is C7H5BrOS. The molecule has 0 fully saturated rings. The summed E-state index contributed by atoms with van der Waals surface area (Å²) in [7, 11) is 0. The number of hydrogen-bond acceptors (Lipinski definition) is 2. The zero-order valence-corrected chi connectivity index (χ0v) is 7.52. The van der Waals surface area contributed by atoms with E-state index in [1.54, 1.807) is 12.1 Å². The van der Waals surface area contributed by atoms with E-state index < -0.39 is 0 Å². The van der Waals surface area contributed by atoms with Crippen molar-refractivity contribution in [3.63, 3.8) is 0 Å². The third kappa shape index (κ3) is 1.61. The summed E-state index contributed by atoms with van der Waals surface area (Å²) in [4.78, 5) is 11.0. The van der Waals surface area contributed by atoms with Crippen molar-refractivity contribution in [3.05, 3.63) is 28.2 Å². The predicted molar refractivity (Wildman–Crippen MR) is 46.8 cm³/mol. The summed E-state index contributed by atoms with van der Waals surface area (Å²) < 4.78 is 0.933. The molecule has 0 aliphatic rings. The SMILES string of the molecule is O=Cc1ccc(Br)cc1S. The van der Waals surface area contributed by atoms with Crippen LogP contribution < -0.4 is 0 Å².